The van der Waals surface area contributed by atoms with Crippen LogP contribution >= 0.6 is 0 Å². The van der Waals surface area contributed by atoms with Crippen LogP contribution in [-0.4, -0.2) is 18.7 Å². The number of hydrogen-bond acceptors (Lipinski definition) is 3. The molecule has 4 nitrogen and oxygen atoms in total. The van der Waals surface area contributed by atoms with E-state index in [2.05, 4.69) is 10.3 Å². The Morgan fingerprint density at radius 1 is 1.09 bits per heavy atom. The zero-order valence-corrected chi connectivity index (χ0v) is 12.0. The van der Waals surface area contributed by atoms with Crippen molar-refractivity contribution in [3.63, 3.8) is 0 Å². The molecule has 0 spiro atoms. The standard InChI is InChI=1S/C17H15FN2O2/c1-19-16(21)14-15(11-7-9-13(18)10-8-11)22-17(20-14)12-5-3-2-4-6-12/h2-10,15,17H,1H3,(H,19,21)/t15-,17-/m0/s1. The van der Waals surface area contributed by atoms with Crippen LogP contribution in [0.25, 0.3) is 0 Å². The molecule has 0 radical (unpaired) electrons. The van der Waals surface area contributed by atoms with Crippen LogP contribution in [0, 0.1) is 5.82 Å². The summed E-state index contributed by atoms with van der Waals surface area (Å²) in [4.78, 5) is 16.4. The lowest BCUT2D eigenvalue weighted by atomic mass is 10.0. The second kappa shape index (κ2) is 6.07. The quantitative estimate of drug-likeness (QED) is 0.947. The van der Waals surface area contributed by atoms with Gasteiger partial charge in [-0.2, -0.15) is 0 Å². The molecule has 2 atom stereocenters. The number of aliphatic imine (C=N–C) groups is 1. The van der Waals surface area contributed by atoms with E-state index in [0.29, 0.717) is 11.3 Å². The molecule has 5 heteroatoms. The van der Waals surface area contributed by atoms with E-state index in [9.17, 15) is 9.18 Å². The molecule has 1 heterocycles. The maximum Gasteiger partial charge on any atom is 0.268 e. The number of hydrogen-bond donors (Lipinski definition) is 1. The maximum atomic E-state index is 13.1. The topological polar surface area (TPSA) is 50.7 Å². The van der Waals surface area contributed by atoms with E-state index in [-0.39, 0.29) is 11.7 Å². The number of nitrogens with zero attached hydrogens (tertiary/aromatic N) is 1. The lowest BCUT2D eigenvalue weighted by Gasteiger charge is -2.14. The number of benzene rings is 2. The predicted octanol–water partition coefficient (Wildman–Crippen LogP) is 2.78. The number of nitrogens with one attached hydrogen (secondary N) is 1. The lowest BCUT2D eigenvalue weighted by molar-refractivity contribution is -0.114. The molecule has 0 unspecified atom stereocenters. The van der Waals surface area contributed by atoms with Gasteiger partial charge in [0.1, 0.15) is 17.6 Å². The van der Waals surface area contributed by atoms with Gasteiger partial charge in [0, 0.05) is 12.6 Å². The molecule has 3 rings (SSSR count). The summed E-state index contributed by atoms with van der Waals surface area (Å²) in [5.74, 6) is -0.632. The Morgan fingerprint density at radius 2 is 1.77 bits per heavy atom. The minimum absolute atomic E-state index is 0.294. The molecule has 2 aromatic rings. The van der Waals surface area contributed by atoms with Crippen LogP contribution in [-0.2, 0) is 9.53 Å². The highest BCUT2D eigenvalue weighted by Crippen LogP contribution is 2.35. The van der Waals surface area contributed by atoms with Crippen LogP contribution in [0.4, 0.5) is 4.39 Å². The fraction of sp³-hybridized carbons (Fsp3) is 0.176. The van der Waals surface area contributed by atoms with Crippen molar-refractivity contribution >= 4 is 11.6 Å². The van der Waals surface area contributed by atoms with Crippen molar-refractivity contribution in [1.29, 1.82) is 0 Å². The van der Waals surface area contributed by atoms with Crippen LogP contribution in [0.15, 0.2) is 59.6 Å². The van der Waals surface area contributed by atoms with Gasteiger partial charge in [0.2, 0.25) is 0 Å². The average molecular weight is 298 g/mol. The molecule has 0 bridgehead atoms. The van der Waals surface area contributed by atoms with Crippen LogP contribution in [0.1, 0.15) is 23.5 Å². The summed E-state index contributed by atoms with van der Waals surface area (Å²) in [7, 11) is 1.54. The van der Waals surface area contributed by atoms with Crippen molar-refractivity contribution in [2.75, 3.05) is 7.05 Å². The van der Waals surface area contributed by atoms with E-state index in [4.69, 9.17) is 4.74 Å². The summed E-state index contributed by atoms with van der Waals surface area (Å²) >= 11 is 0. The SMILES string of the molecule is CNC(=O)C1=N[C@H](c2ccccc2)O[C@H]1c1ccc(F)cc1. The largest absolute Gasteiger partial charge is 0.354 e. The van der Waals surface area contributed by atoms with Crippen molar-refractivity contribution in [3.8, 4) is 0 Å². The van der Waals surface area contributed by atoms with Gasteiger partial charge in [0.15, 0.2) is 6.23 Å². The number of carbonyl (C=O) groups excluding carboxylic acids is 1. The molecule has 112 valence electrons. The summed E-state index contributed by atoms with van der Waals surface area (Å²) in [6.45, 7) is 0. The minimum Gasteiger partial charge on any atom is -0.354 e. The van der Waals surface area contributed by atoms with Crippen LogP contribution in [0.5, 0.6) is 0 Å². The first-order valence-electron chi connectivity index (χ1n) is 6.94. The molecule has 1 aliphatic rings. The molecule has 22 heavy (non-hydrogen) atoms. The molecule has 2 aromatic carbocycles. The summed E-state index contributed by atoms with van der Waals surface area (Å²) in [6, 6.07) is 15.4. The van der Waals surface area contributed by atoms with E-state index in [0.717, 1.165) is 5.56 Å². The molecule has 0 aromatic heterocycles. The first-order chi connectivity index (χ1) is 10.7. The molecule has 0 saturated heterocycles. The molecule has 0 saturated carbocycles. The fourth-order valence-corrected chi connectivity index (χ4v) is 2.37. The van der Waals surface area contributed by atoms with Gasteiger partial charge in [0.25, 0.3) is 5.91 Å². The third-order valence-corrected chi connectivity index (χ3v) is 3.49. The van der Waals surface area contributed by atoms with Gasteiger partial charge in [-0.05, 0) is 17.7 Å². The van der Waals surface area contributed by atoms with Gasteiger partial charge < -0.3 is 10.1 Å². The van der Waals surface area contributed by atoms with Gasteiger partial charge >= 0.3 is 0 Å². The van der Waals surface area contributed by atoms with Crippen molar-refractivity contribution in [2.24, 2.45) is 4.99 Å². The van der Waals surface area contributed by atoms with Gasteiger partial charge in [-0.15, -0.1) is 0 Å². The Bertz CT molecular complexity index is 698. The second-order valence-corrected chi connectivity index (χ2v) is 4.92. The number of carbonyl (C=O) groups is 1. The Kier molecular flexibility index (Phi) is 3.98. The Balaban J connectivity index is 1.95. The van der Waals surface area contributed by atoms with E-state index in [1.54, 1.807) is 19.2 Å². The predicted molar refractivity (Wildman–Crippen MR) is 80.9 cm³/mol. The Morgan fingerprint density at radius 3 is 2.41 bits per heavy atom. The third-order valence-electron chi connectivity index (χ3n) is 3.49. The van der Waals surface area contributed by atoms with E-state index >= 15 is 0 Å². The highest BCUT2D eigenvalue weighted by atomic mass is 19.1. The van der Waals surface area contributed by atoms with Gasteiger partial charge in [-0.25, -0.2) is 9.38 Å². The molecule has 0 fully saturated rings. The molecular weight excluding hydrogens is 283 g/mol. The third kappa shape index (κ3) is 2.76. The first kappa shape index (κ1) is 14.4. The van der Waals surface area contributed by atoms with E-state index < -0.39 is 12.3 Å². The fourth-order valence-electron chi connectivity index (χ4n) is 2.37. The minimum atomic E-state index is -0.606. The van der Waals surface area contributed by atoms with Gasteiger partial charge in [0.05, 0.1) is 0 Å². The maximum absolute atomic E-state index is 13.1. The van der Waals surface area contributed by atoms with E-state index in [1.807, 2.05) is 30.3 Å². The highest BCUT2D eigenvalue weighted by molar-refractivity contribution is 6.40. The summed E-state index contributed by atoms with van der Waals surface area (Å²) in [6.07, 6.45) is -1.14. The Hall–Kier alpha value is -2.53. The normalized spacial score (nSPS) is 20.5. The average Bonchev–Trinajstić information content (AvgIpc) is 3.01. The second-order valence-electron chi connectivity index (χ2n) is 4.92. The van der Waals surface area contributed by atoms with Crippen LogP contribution in [0.2, 0.25) is 0 Å². The van der Waals surface area contributed by atoms with Gasteiger partial charge in [-0.3, -0.25) is 4.79 Å². The summed E-state index contributed by atoms with van der Waals surface area (Å²) in [5, 5.41) is 2.57. The molecule has 0 aliphatic carbocycles. The molecule has 1 amide bonds. The lowest BCUT2D eigenvalue weighted by Crippen LogP contribution is -2.30. The van der Waals surface area contributed by atoms with E-state index in [1.165, 1.54) is 12.1 Å². The zero-order valence-electron chi connectivity index (χ0n) is 12.0. The highest BCUT2D eigenvalue weighted by Gasteiger charge is 2.34. The first-order valence-corrected chi connectivity index (χ1v) is 6.94. The molecule has 1 N–H and O–H groups in total. The summed E-state index contributed by atoms with van der Waals surface area (Å²) in [5.41, 5.74) is 1.86. The number of ether oxygens (including phenoxy) is 1. The van der Waals surface area contributed by atoms with Crippen molar-refractivity contribution in [1.82, 2.24) is 5.32 Å². The van der Waals surface area contributed by atoms with Crippen LogP contribution in [0.3, 0.4) is 0 Å². The number of rotatable bonds is 3. The summed E-state index contributed by atoms with van der Waals surface area (Å²) < 4.78 is 19.0. The molecular formula is C17H15FN2O2. The smallest absolute Gasteiger partial charge is 0.268 e. The number of amides is 1. The monoisotopic (exact) mass is 298 g/mol. The van der Waals surface area contributed by atoms with Crippen molar-refractivity contribution < 1.29 is 13.9 Å². The number of halogens is 1. The van der Waals surface area contributed by atoms with Gasteiger partial charge in [-0.1, -0.05) is 42.5 Å². The molecule has 1 aliphatic heterocycles. The zero-order chi connectivity index (χ0) is 15.5. The van der Waals surface area contributed by atoms with Crippen molar-refractivity contribution in [2.45, 2.75) is 12.3 Å². The Labute approximate surface area is 127 Å². The van der Waals surface area contributed by atoms with Crippen molar-refractivity contribution in [3.05, 3.63) is 71.5 Å². The van der Waals surface area contributed by atoms with Crippen LogP contribution < -0.4 is 5.32 Å².